The number of hydrogen-bond donors (Lipinski definition) is 6. The maximum atomic E-state index is 11.2. The minimum Gasteiger partial charge on any atom is -0.394 e. The fraction of sp³-hybridized carbons (Fsp3) is 1.00. The van der Waals surface area contributed by atoms with Gasteiger partial charge in [-0.3, -0.25) is 4.55 Å². The average molecular weight is 603 g/mol. The molecule has 2 aliphatic rings. The molecule has 2 aliphatic heterocycles. The third kappa shape index (κ3) is 12.4. The highest BCUT2D eigenvalue weighted by atomic mass is 32.3. The Hall–Kier alpha value is -0.490. The second-order valence-electron chi connectivity index (χ2n) is 10.7. The van der Waals surface area contributed by atoms with Crippen LogP contribution in [0.1, 0.15) is 84.0 Å². The first-order valence-corrected chi connectivity index (χ1v) is 15.9. The molecule has 0 aliphatic carbocycles. The molecule has 2 fully saturated rings. The number of aliphatic hydroxyl groups excluding tert-OH is 5. The van der Waals surface area contributed by atoms with Gasteiger partial charge in [0.25, 0.3) is 0 Å². The van der Waals surface area contributed by atoms with Crippen molar-refractivity contribution in [2.24, 2.45) is 0 Å². The molecule has 0 aromatic heterocycles. The van der Waals surface area contributed by atoms with E-state index in [4.69, 9.17) is 23.5 Å². The lowest BCUT2D eigenvalue weighted by Gasteiger charge is -2.42. The zero-order valence-electron chi connectivity index (χ0n) is 23.5. The number of aliphatic hydroxyl groups is 5. The quantitative estimate of drug-likeness (QED) is 0.0798. The molecule has 6 N–H and O–H groups in total. The maximum absolute atomic E-state index is 11.2. The van der Waals surface area contributed by atoms with E-state index in [-0.39, 0.29) is 13.2 Å². The van der Waals surface area contributed by atoms with Crippen LogP contribution in [0.5, 0.6) is 0 Å². The molecule has 0 aromatic carbocycles. The molecule has 0 radical (unpaired) electrons. The molecule has 0 amide bonds. The van der Waals surface area contributed by atoms with E-state index in [1.54, 1.807) is 0 Å². The normalized spacial score (nSPS) is 32.0. The Morgan fingerprint density at radius 2 is 1.45 bits per heavy atom. The Balaban J connectivity index is 1.70. The highest BCUT2D eigenvalue weighted by molar-refractivity contribution is 7.80. The molecule has 2 rings (SSSR count). The topological polar surface area (TPSA) is 202 Å². The van der Waals surface area contributed by atoms with Crippen molar-refractivity contribution >= 4 is 10.4 Å². The Bertz CT molecular complexity index is 770. The van der Waals surface area contributed by atoms with Gasteiger partial charge in [-0.2, -0.15) is 8.42 Å². The van der Waals surface area contributed by atoms with Crippen molar-refractivity contribution in [2.75, 3.05) is 26.4 Å². The van der Waals surface area contributed by atoms with Gasteiger partial charge in [0, 0.05) is 6.61 Å². The van der Waals surface area contributed by atoms with Gasteiger partial charge in [0.1, 0.15) is 48.8 Å². The largest absolute Gasteiger partial charge is 0.397 e. The van der Waals surface area contributed by atoms with Gasteiger partial charge in [0.2, 0.25) is 0 Å². The van der Waals surface area contributed by atoms with Gasteiger partial charge in [0.15, 0.2) is 6.29 Å². The van der Waals surface area contributed by atoms with Crippen molar-refractivity contribution in [1.29, 1.82) is 0 Å². The summed E-state index contributed by atoms with van der Waals surface area (Å²) in [5, 5.41) is 51.1. The summed E-state index contributed by atoms with van der Waals surface area (Å²) in [5.74, 6) is 0. The summed E-state index contributed by atoms with van der Waals surface area (Å²) < 4.78 is 57.7. The molecule has 238 valence electrons. The molecule has 9 atom stereocenters. The van der Waals surface area contributed by atoms with E-state index < -0.39 is 72.1 Å². The molecule has 40 heavy (non-hydrogen) atoms. The minimum absolute atomic E-state index is 0.0875. The number of hydrogen-bond acceptors (Lipinski definition) is 12. The Labute approximate surface area is 237 Å². The Morgan fingerprint density at radius 1 is 0.875 bits per heavy atom. The Morgan fingerprint density at radius 3 is 2.00 bits per heavy atom. The summed E-state index contributed by atoms with van der Waals surface area (Å²) in [7, 11) is -5.08. The molecule has 0 saturated carbocycles. The van der Waals surface area contributed by atoms with Gasteiger partial charge >= 0.3 is 10.4 Å². The van der Waals surface area contributed by atoms with Crippen LogP contribution in [0.15, 0.2) is 0 Å². The van der Waals surface area contributed by atoms with E-state index in [2.05, 4.69) is 11.1 Å². The summed E-state index contributed by atoms with van der Waals surface area (Å²) in [6.45, 7) is 1.61. The molecule has 0 spiro atoms. The average Bonchev–Trinajstić information content (AvgIpc) is 3.27. The monoisotopic (exact) mass is 602 g/mol. The second-order valence-corrected chi connectivity index (χ2v) is 11.7. The SMILES string of the molecule is CCCCCCCCCCCCCCOC[C@H](O)[C@H]1OC[C@@H](O)[C@@H]1O[C@@H]1O[C@H](CO)[C@H](O)[C@H](OS(=O)(=O)O)[C@H]1O. The number of rotatable bonds is 21. The van der Waals surface area contributed by atoms with E-state index in [1.807, 2.05) is 0 Å². The van der Waals surface area contributed by atoms with E-state index in [1.165, 1.54) is 57.8 Å². The lowest BCUT2D eigenvalue weighted by molar-refractivity contribution is -0.316. The van der Waals surface area contributed by atoms with Crippen LogP contribution in [0, 0.1) is 0 Å². The summed E-state index contributed by atoms with van der Waals surface area (Å²) in [6, 6.07) is 0. The zero-order valence-corrected chi connectivity index (χ0v) is 24.3. The van der Waals surface area contributed by atoms with Crippen molar-refractivity contribution in [2.45, 2.75) is 139 Å². The van der Waals surface area contributed by atoms with Gasteiger partial charge in [0.05, 0.1) is 19.8 Å². The van der Waals surface area contributed by atoms with Crippen LogP contribution in [0.4, 0.5) is 0 Å². The van der Waals surface area contributed by atoms with Crippen LogP contribution in [-0.2, 0) is 33.5 Å². The molecule has 2 saturated heterocycles. The van der Waals surface area contributed by atoms with Gasteiger partial charge < -0.3 is 44.5 Å². The predicted molar refractivity (Wildman–Crippen MR) is 143 cm³/mol. The minimum atomic E-state index is -5.08. The van der Waals surface area contributed by atoms with Gasteiger partial charge in [-0.15, -0.1) is 0 Å². The third-order valence-corrected chi connectivity index (χ3v) is 7.78. The Kier molecular flexibility index (Phi) is 16.9. The molecule has 0 unspecified atom stereocenters. The first-order valence-electron chi connectivity index (χ1n) is 14.6. The number of unbranched alkanes of at least 4 members (excludes halogenated alkanes) is 11. The second kappa shape index (κ2) is 18.9. The van der Waals surface area contributed by atoms with Crippen LogP contribution in [-0.4, -0.2) is 120 Å². The fourth-order valence-corrected chi connectivity index (χ4v) is 5.54. The third-order valence-electron chi connectivity index (χ3n) is 7.32. The van der Waals surface area contributed by atoms with Crippen LogP contribution >= 0.6 is 0 Å². The maximum Gasteiger partial charge on any atom is 0.397 e. The van der Waals surface area contributed by atoms with E-state index in [9.17, 15) is 34.0 Å². The van der Waals surface area contributed by atoms with E-state index >= 15 is 0 Å². The van der Waals surface area contributed by atoms with Crippen LogP contribution in [0.3, 0.4) is 0 Å². The molecule has 2 heterocycles. The molecule has 13 nitrogen and oxygen atoms in total. The molecule has 0 aromatic rings. The first-order chi connectivity index (χ1) is 19.1. The van der Waals surface area contributed by atoms with Gasteiger partial charge in [-0.05, 0) is 6.42 Å². The van der Waals surface area contributed by atoms with Crippen molar-refractivity contribution < 1.29 is 61.6 Å². The molecular weight excluding hydrogens is 552 g/mol. The van der Waals surface area contributed by atoms with Crippen molar-refractivity contribution in [3.63, 3.8) is 0 Å². The summed E-state index contributed by atoms with van der Waals surface area (Å²) >= 11 is 0. The van der Waals surface area contributed by atoms with Crippen LogP contribution in [0.2, 0.25) is 0 Å². The fourth-order valence-electron chi connectivity index (χ4n) is 5.03. The van der Waals surface area contributed by atoms with Crippen LogP contribution in [0.25, 0.3) is 0 Å². The van der Waals surface area contributed by atoms with Gasteiger partial charge in [-0.25, -0.2) is 4.18 Å². The lowest BCUT2D eigenvalue weighted by atomic mass is 9.99. The summed E-state index contributed by atoms with van der Waals surface area (Å²) in [6.07, 6.45) is 1.16. The predicted octanol–water partition coefficient (Wildman–Crippen LogP) is 0.837. The molecular formula is C26H50O13S. The van der Waals surface area contributed by atoms with Crippen LogP contribution < -0.4 is 0 Å². The standard InChI is InChI=1S/C26H50O13S/c1-2-3-4-5-6-7-8-9-10-11-12-13-14-35-16-18(28)23-24(19(29)17-36-23)38-26-22(31)25(39-40(32,33)34)21(30)20(15-27)37-26/h18-31H,2-17H2,1H3,(H,32,33,34)/t18-,19+,20+,21-,22+,23+,24-,25-,26-/m0/s1. The smallest absolute Gasteiger partial charge is 0.394 e. The summed E-state index contributed by atoms with van der Waals surface area (Å²) in [5.41, 5.74) is 0. The van der Waals surface area contributed by atoms with Crippen molar-refractivity contribution in [3.8, 4) is 0 Å². The first kappa shape index (κ1) is 35.7. The number of ether oxygens (including phenoxy) is 4. The molecule has 0 bridgehead atoms. The lowest BCUT2D eigenvalue weighted by Crippen LogP contribution is -2.62. The summed E-state index contributed by atoms with van der Waals surface area (Å²) in [4.78, 5) is 0. The van der Waals surface area contributed by atoms with E-state index in [0.717, 1.165) is 19.3 Å². The van der Waals surface area contributed by atoms with E-state index in [0.29, 0.717) is 6.61 Å². The van der Waals surface area contributed by atoms with Crippen molar-refractivity contribution in [3.05, 3.63) is 0 Å². The van der Waals surface area contributed by atoms with Crippen molar-refractivity contribution in [1.82, 2.24) is 0 Å². The highest BCUT2D eigenvalue weighted by Gasteiger charge is 2.51. The zero-order chi connectivity index (χ0) is 29.5. The van der Waals surface area contributed by atoms with Gasteiger partial charge in [-0.1, -0.05) is 77.6 Å². The molecule has 14 heteroatoms. The highest BCUT2D eigenvalue weighted by Crippen LogP contribution is 2.30.